The van der Waals surface area contributed by atoms with Crippen LogP contribution in [0.15, 0.2) is 12.2 Å². The van der Waals surface area contributed by atoms with Crippen molar-refractivity contribution in [2.75, 3.05) is 6.54 Å². The van der Waals surface area contributed by atoms with Crippen molar-refractivity contribution in [2.24, 2.45) is 5.92 Å². The van der Waals surface area contributed by atoms with Crippen molar-refractivity contribution in [2.45, 2.75) is 89.7 Å². The quantitative estimate of drug-likeness (QED) is 0.288. The minimum atomic E-state index is -3.39. The zero-order valence-electron chi connectivity index (χ0n) is 17.4. The van der Waals surface area contributed by atoms with Gasteiger partial charge >= 0.3 is 11.9 Å². The molecular weight excluding hydrogens is 380 g/mol. The Morgan fingerprint density at radius 3 is 2.66 bits per heavy atom. The first-order valence-corrected chi connectivity index (χ1v) is 10.4. The number of carboxylic acid groups (broad SMARTS) is 1. The van der Waals surface area contributed by atoms with Gasteiger partial charge in [-0.3, -0.25) is 9.59 Å². The number of nitrogens with zero attached hydrogens (tertiary/aromatic N) is 1. The molecule has 1 aliphatic heterocycles. The molecule has 1 heterocycles. The van der Waals surface area contributed by atoms with E-state index in [0.717, 1.165) is 12.8 Å². The Labute approximate surface area is 172 Å². The first-order valence-electron chi connectivity index (χ1n) is 10.4. The van der Waals surface area contributed by atoms with E-state index in [-0.39, 0.29) is 18.9 Å². The molecule has 29 heavy (non-hydrogen) atoms. The van der Waals surface area contributed by atoms with Crippen LogP contribution in [0.1, 0.15) is 71.6 Å². The monoisotopic (exact) mass is 413 g/mol. The Bertz CT molecular complexity index is 624. The molecule has 0 aromatic heterocycles. The largest absolute Gasteiger partial charge is 0.481 e. The van der Waals surface area contributed by atoms with Crippen LogP contribution in [0.2, 0.25) is 0 Å². The fraction of sp³-hybridized carbons (Fsp3) is 0.727. The summed E-state index contributed by atoms with van der Waals surface area (Å²) in [5, 5.41) is 18.9. The van der Waals surface area contributed by atoms with Crippen LogP contribution < -0.4 is 0 Å². The van der Waals surface area contributed by atoms with Crippen molar-refractivity contribution in [1.82, 2.24) is 4.90 Å². The second-order valence-electron chi connectivity index (χ2n) is 7.69. The zero-order valence-corrected chi connectivity index (χ0v) is 17.4. The molecule has 1 fully saturated rings. The average molecular weight is 414 g/mol. The fourth-order valence-corrected chi connectivity index (χ4v) is 3.17. The zero-order chi connectivity index (χ0) is 21.9. The van der Waals surface area contributed by atoms with Gasteiger partial charge in [0.1, 0.15) is 0 Å². The number of aliphatic hydroxyl groups excluding tert-OH is 1. The fourth-order valence-electron chi connectivity index (χ4n) is 3.17. The number of aliphatic carboxylic acids is 1. The maximum absolute atomic E-state index is 13.9. The molecule has 7 heteroatoms. The van der Waals surface area contributed by atoms with Crippen LogP contribution in [-0.2, 0) is 9.59 Å². The van der Waals surface area contributed by atoms with Gasteiger partial charge in [-0.05, 0) is 25.2 Å². The molecule has 0 radical (unpaired) electrons. The van der Waals surface area contributed by atoms with Gasteiger partial charge in [0.05, 0.1) is 12.1 Å². The molecule has 3 atom stereocenters. The van der Waals surface area contributed by atoms with Gasteiger partial charge in [-0.15, -0.1) is 11.8 Å². The van der Waals surface area contributed by atoms with Gasteiger partial charge in [-0.2, -0.15) is 8.78 Å². The molecule has 1 aliphatic rings. The number of unbranched alkanes of at least 4 members (excludes halogenated alkanes) is 4. The van der Waals surface area contributed by atoms with E-state index in [0.29, 0.717) is 32.1 Å². The molecule has 164 valence electrons. The van der Waals surface area contributed by atoms with Crippen LogP contribution in [0.4, 0.5) is 8.78 Å². The Balaban J connectivity index is 2.57. The number of rotatable bonds is 12. The van der Waals surface area contributed by atoms with Gasteiger partial charge in [0.15, 0.2) is 0 Å². The van der Waals surface area contributed by atoms with Gasteiger partial charge in [0.25, 0.3) is 5.91 Å². The number of hydrogen-bond donors (Lipinski definition) is 2. The predicted octanol–water partition coefficient (Wildman–Crippen LogP) is 4.00. The van der Waals surface area contributed by atoms with Crippen LogP contribution in [-0.4, -0.2) is 51.6 Å². The third kappa shape index (κ3) is 8.95. The summed E-state index contributed by atoms with van der Waals surface area (Å²) in [6.07, 6.45) is 6.42. The Hall–Kier alpha value is -1.94. The molecule has 1 amide bonds. The van der Waals surface area contributed by atoms with E-state index in [4.69, 9.17) is 5.11 Å². The van der Waals surface area contributed by atoms with Crippen LogP contribution in [0, 0.1) is 17.8 Å². The number of alkyl halides is 2. The van der Waals surface area contributed by atoms with E-state index in [1.54, 1.807) is 0 Å². The van der Waals surface area contributed by atoms with Gasteiger partial charge in [-0.25, -0.2) is 0 Å². The van der Waals surface area contributed by atoms with Crippen molar-refractivity contribution >= 4 is 11.9 Å². The molecule has 1 saturated heterocycles. The van der Waals surface area contributed by atoms with Crippen molar-refractivity contribution in [3.05, 3.63) is 12.2 Å². The number of halogens is 2. The highest BCUT2D eigenvalue weighted by Gasteiger charge is 2.52. The molecule has 5 nitrogen and oxygen atoms in total. The number of hydrogen-bond acceptors (Lipinski definition) is 3. The average Bonchev–Trinajstić information content (AvgIpc) is 2.88. The maximum Gasteiger partial charge on any atom is 0.327 e. The third-order valence-electron chi connectivity index (χ3n) is 5.02. The number of carbonyl (C=O) groups is 2. The SMILES string of the molecule is CCCC#CCC(C)C(O)/C=C/[C@H]1CC(F)(F)C(=O)N1CCCCCCC(=O)O. The summed E-state index contributed by atoms with van der Waals surface area (Å²) < 4.78 is 27.8. The van der Waals surface area contributed by atoms with Crippen LogP contribution in [0.5, 0.6) is 0 Å². The predicted molar refractivity (Wildman–Crippen MR) is 107 cm³/mol. The van der Waals surface area contributed by atoms with Crippen LogP contribution >= 0.6 is 0 Å². The summed E-state index contributed by atoms with van der Waals surface area (Å²) in [7, 11) is 0. The number of carboxylic acids is 1. The molecule has 0 spiro atoms. The lowest BCUT2D eigenvalue weighted by atomic mass is 9.99. The molecule has 0 aromatic rings. The first kappa shape index (κ1) is 25.1. The highest BCUT2D eigenvalue weighted by Crippen LogP contribution is 2.34. The molecule has 2 unspecified atom stereocenters. The minimum absolute atomic E-state index is 0.0883. The summed E-state index contributed by atoms with van der Waals surface area (Å²) in [6.45, 7) is 4.08. The second-order valence-corrected chi connectivity index (χ2v) is 7.69. The van der Waals surface area contributed by atoms with E-state index in [1.165, 1.54) is 17.1 Å². The Morgan fingerprint density at radius 2 is 2.00 bits per heavy atom. The Kier molecular flexibility index (Phi) is 10.9. The van der Waals surface area contributed by atoms with E-state index < -0.39 is 36.4 Å². The van der Waals surface area contributed by atoms with Crippen molar-refractivity contribution < 1.29 is 28.6 Å². The van der Waals surface area contributed by atoms with E-state index >= 15 is 0 Å². The molecular formula is C22H33F2NO4. The van der Waals surface area contributed by atoms with E-state index in [2.05, 4.69) is 11.8 Å². The Morgan fingerprint density at radius 1 is 1.31 bits per heavy atom. The number of amides is 1. The van der Waals surface area contributed by atoms with Gasteiger partial charge in [-0.1, -0.05) is 38.8 Å². The number of carbonyl (C=O) groups excluding carboxylic acids is 1. The number of aliphatic hydroxyl groups is 1. The van der Waals surface area contributed by atoms with Crippen LogP contribution in [0.3, 0.4) is 0 Å². The standard InChI is InChI=1S/C22H33F2NO4/c1-3-4-5-8-11-17(2)19(26)14-13-18-16-22(23,24)21(29)25(18)15-10-7-6-9-12-20(27)28/h13-14,17-19,26H,3-4,6-7,9-12,15-16H2,1-2H3,(H,27,28)/b14-13+/t17?,18-,19?/m0/s1. The topological polar surface area (TPSA) is 77.8 Å². The molecule has 1 rings (SSSR count). The summed E-state index contributed by atoms with van der Waals surface area (Å²) in [5.41, 5.74) is 0. The second kappa shape index (κ2) is 12.6. The van der Waals surface area contributed by atoms with Crippen molar-refractivity contribution in [3.63, 3.8) is 0 Å². The summed E-state index contributed by atoms with van der Waals surface area (Å²) >= 11 is 0. The lowest BCUT2D eigenvalue weighted by molar-refractivity contribution is -0.148. The third-order valence-corrected chi connectivity index (χ3v) is 5.02. The number of likely N-dealkylation sites (tertiary alicyclic amines) is 1. The van der Waals surface area contributed by atoms with E-state index in [1.807, 2.05) is 13.8 Å². The van der Waals surface area contributed by atoms with E-state index in [9.17, 15) is 23.5 Å². The molecule has 0 aromatic carbocycles. The first-order chi connectivity index (χ1) is 13.7. The lowest BCUT2D eigenvalue weighted by Crippen LogP contribution is -2.36. The molecule has 0 aliphatic carbocycles. The summed E-state index contributed by atoms with van der Waals surface area (Å²) in [4.78, 5) is 23.7. The summed E-state index contributed by atoms with van der Waals surface area (Å²) in [6, 6.07) is -0.746. The molecule has 2 N–H and O–H groups in total. The van der Waals surface area contributed by atoms with Crippen molar-refractivity contribution in [1.29, 1.82) is 0 Å². The molecule has 0 bridgehead atoms. The lowest BCUT2D eigenvalue weighted by Gasteiger charge is -2.22. The highest BCUT2D eigenvalue weighted by molar-refractivity contribution is 5.86. The molecule has 0 saturated carbocycles. The van der Waals surface area contributed by atoms with Gasteiger partial charge in [0.2, 0.25) is 0 Å². The van der Waals surface area contributed by atoms with Gasteiger partial charge < -0.3 is 15.1 Å². The van der Waals surface area contributed by atoms with Crippen molar-refractivity contribution in [3.8, 4) is 11.8 Å². The van der Waals surface area contributed by atoms with Crippen LogP contribution in [0.25, 0.3) is 0 Å². The summed E-state index contributed by atoms with van der Waals surface area (Å²) in [5.74, 6) is 0.480. The minimum Gasteiger partial charge on any atom is -0.481 e. The highest BCUT2D eigenvalue weighted by atomic mass is 19.3. The smallest absolute Gasteiger partial charge is 0.327 e. The van der Waals surface area contributed by atoms with Gasteiger partial charge in [0, 0.05) is 32.2 Å². The maximum atomic E-state index is 13.9. The normalized spacial score (nSPS) is 20.5.